The van der Waals surface area contributed by atoms with Crippen molar-refractivity contribution in [1.29, 1.82) is 0 Å². The van der Waals surface area contributed by atoms with Crippen LogP contribution < -0.4 is 5.73 Å². The molecule has 1 unspecified atom stereocenters. The smallest absolute Gasteiger partial charge is 0.0958 e. The van der Waals surface area contributed by atoms with Crippen molar-refractivity contribution in [3.8, 4) is 0 Å². The van der Waals surface area contributed by atoms with Crippen molar-refractivity contribution < 1.29 is 4.74 Å². The molecule has 13 heavy (non-hydrogen) atoms. The highest BCUT2D eigenvalue weighted by Gasteiger charge is 2.50. The van der Waals surface area contributed by atoms with Crippen molar-refractivity contribution in [2.75, 3.05) is 13.2 Å². The number of thiophene rings is 1. The van der Waals surface area contributed by atoms with E-state index < -0.39 is 0 Å². The van der Waals surface area contributed by atoms with Crippen LogP contribution in [0.4, 0.5) is 0 Å². The molecule has 1 aliphatic carbocycles. The van der Waals surface area contributed by atoms with Gasteiger partial charge in [-0.3, -0.25) is 0 Å². The SMILES string of the molecule is NCC1OCC2(CC2)c2sccc21. The lowest BCUT2D eigenvalue weighted by molar-refractivity contribution is 0.0290. The van der Waals surface area contributed by atoms with Gasteiger partial charge in [-0.2, -0.15) is 0 Å². The third-order valence-electron chi connectivity index (χ3n) is 3.15. The maximum absolute atomic E-state index is 5.77. The average Bonchev–Trinajstić information content (AvgIpc) is 2.76. The molecule has 0 radical (unpaired) electrons. The fourth-order valence-corrected chi connectivity index (χ4v) is 3.34. The summed E-state index contributed by atoms with van der Waals surface area (Å²) in [6.45, 7) is 1.50. The minimum absolute atomic E-state index is 0.160. The van der Waals surface area contributed by atoms with Gasteiger partial charge < -0.3 is 10.5 Å². The number of nitrogens with two attached hydrogens (primary N) is 1. The molecule has 1 aliphatic heterocycles. The fraction of sp³-hybridized carbons (Fsp3) is 0.600. The molecule has 3 rings (SSSR count). The minimum Gasteiger partial charge on any atom is -0.371 e. The molecular weight excluding hydrogens is 182 g/mol. The van der Waals surface area contributed by atoms with Gasteiger partial charge in [0.05, 0.1) is 12.7 Å². The first-order valence-corrected chi connectivity index (χ1v) is 5.63. The lowest BCUT2D eigenvalue weighted by atomic mass is 9.96. The summed E-state index contributed by atoms with van der Waals surface area (Å²) in [5.41, 5.74) is 7.44. The van der Waals surface area contributed by atoms with Gasteiger partial charge in [0.25, 0.3) is 0 Å². The molecule has 0 aromatic carbocycles. The van der Waals surface area contributed by atoms with E-state index in [1.165, 1.54) is 18.4 Å². The Morgan fingerprint density at radius 2 is 2.46 bits per heavy atom. The quantitative estimate of drug-likeness (QED) is 0.741. The molecule has 0 bridgehead atoms. The Balaban J connectivity index is 2.06. The van der Waals surface area contributed by atoms with Crippen molar-refractivity contribution in [2.24, 2.45) is 5.73 Å². The lowest BCUT2D eigenvalue weighted by Gasteiger charge is -2.28. The molecule has 1 aromatic rings. The first-order valence-electron chi connectivity index (χ1n) is 4.75. The molecule has 1 aromatic heterocycles. The summed E-state index contributed by atoms with van der Waals surface area (Å²) in [5.74, 6) is 0. The van der Waals surface area contributed by atoms with Crippen LogP contribution in [0.1, 0.15) is 29.4 Å². The Kier molecular flexibility index (Phi) is 1.57. The molecule has 0 saturated heterocycles. The fourth-order valence-electron chi connectivity index (χ4n) is 2.14. The molecule has 2 N–H and O–H groups in total. The second-order valence-corrected chi connectivity index (χ2v) is 4.94. The molecule has 0 amide bonds. The van der Waals surface area contributed by atoms with E-state index in [2.05, 4.69) is 11.4 Å². The lowest BCUT2D eigenvalue weighted by Crippen LogP contribution is -2.28. The Hall–Kier alpha value is -0.380. The average molecular weight is 195 g/mol. The molecule has 3 heteroatoms. The molecule has 1 atom stereocenters. The Morgan fingerprint density at radius 1 is 1.62 bits per heavy atom. The first-order chi connectivity index (χ1) is 6.36. The highest BCUT2D eigenvalue weighted by atomic mass is 32.1. The summed E-state index contributed by atoms with van der Waals surface area (Å²) >= 11 is 1.88. The zero-order valence-corrected chi connectivity index (χ0v) is 8.27. The summed E-state index contributed by atoms with van der Waals surface area (Å²) < 4.78 is 5.77. The van der Waals surface area contributed by atoms with Crippen LogP contribution in [0, 0.1) is 0 Å². The summed E-state index contributed by atoms with van der Waals surface area (Å²) in [7, 11) is 0. The van der Waals surface area contributed by atoms with Gasteiger partial charge in [0.1, 0.15) is 0 Å². The van der Waals surface area contributed by atoms with Crippen LogP contribution in [0.15, 0.2) is 11.4 Å². The summed E-state index contributed by atoms with van der Waals surface area (Å²) in [6.07, 6.45) is 2.77. The molecule has 1 spiro atoms. The number of ether oxygens (including phenoxy) is 1. The molecule has 1 fully saturated rings. The number of hydrogen-bond donors (Lipinski definition) is 1. The normalized spacial score (nSPS) is 28.8. The van der Waals surface area contributed by atoms with Gasteiger partial charge in [0.15, 0.2) is 0 Å². The number of rotatable bonds is 1. The predicted octanol–water partition coefficient (Wildman–Crippen LogP) is 1.81. The van der Waals surface area contributed by atoms with E-state index in [9.17, 15) is 0 Å². The molecule has 70 valence electrons. The maximum Gasteiger partial charge on any atom is 0.0958 e. The number of fused-ring (bicyclic) bond motifs is 2. The van der Waals surface area contributed by atoms with E-state index in [1.807, 2.05) is 11.3 Å². The summed E-state index contributed by atoms with van der Waals surface area (Å²) in [5, 5.41) is 2.17. The minimum atomic E-state index is 0.160. The van der Waals surface area contributed by atoms with Crippen LogP contribution in [0.25, 0.3) is 0 Å². The van der Waals surface area contributed by atoms with Crippen LogP contribution in [0.3, 0.4) is 0 Å². The molecular formula is C10H13NOS. The Bertz CT molecular complexity index is 329. The van der Waals surface area contributed by atoms with E-state index in [0.717, 1.165) is 6.61 Å². The van der Waals surface area contributed by atoms with Gasteiger partial charge in [-0.05, 0) is 29.9 Å². The molecule has 1 saturated carbocycles. The second kappa shape index (κ2) is 2.56. The summed E-state index contributed by atoms with van der Waals surface area (Å²) in [6, 6.07) is 2.18. The zero-order chi connectivity index (χ0) is 8.89. The van der Waals surface area contributed by atoms with Crippen molar-refractivity contribution in [3.05, 3.63) is 21.9 Å². The van der Waals surface area contributed by atoms with Crippen LogP contribution >= 0.6 is 11.3 Å². The van der Waals surface area contributed by atoms with Crippen molar-refractivity contribution in [3.63, 3.8) is 0 Å². The van der Waals surface area contributed by atoms with Gasteiger partial charge >= 0.3 is 0 Å². The third-order valence-corrected chi connectivity index (χ3v) is 4.33. The van der Waals surface area contributed by atoms with Gasteiger partial charge in [-0.1, -0.05) is 0 Å². The zero-order valence-electron chi connectivity index (χ0n) is 7.45. The van der Waals surface area contributed by atoms with Crippen molar-refractivity contribution in [1.82, 2.24) is 0 Å². The van der Waals surface area contributed by atoms with E-state index in [0.29, 0.717) is 12.0 Å². The number of hydrogen-bond acceptors (Lipinski definition) is 3. The van der Waals surface area contributed by atoms with E-state index >= 15 is 0 Å². The third kappa shape index (κ3) is 1.01. The predicted molar refractivity (Wildman–Crippen MR) is 53.0 cm³/mol. The van der Waals surface area contributed by atoms with Crippen LogP contribution in [-0.2, 0) is 10.2 Å². The standard InChI is InChI=1S/C10H13NOS/c11-5-8-7-1-4-13-9(7)10(2-3-10)6-12-8/h1,4,8H,2-3,5-6,11H2. The molecule has 2 aliphatic rings. The van der Waals surface area contributed by atoms with Crippen LogP contribution in [0.2, 0.25) is 0 Å². The van der Waals surface area contributed by atoms with Crippen LogP contribution in [-0.4, -0.2) is 13.2 Å². The maximum atomic E-state index is 5.77. The van der Waals surface area contributed by atoms with Gasteiger partial charge in [0, 0.05) is 16.8 Å². The topological polar surface area (TPSA) is 35.2 Å². The summed E-state index contributed by atoms with van der Waals surface area (Å²) in [4.78, 5) is 1.55. The first kappa shape index (κ1) is 7.97. The van der Waals surface area contributed by atoms with Crippen LogP contribution in [0.5, 0.6) is 0 Å². The van der Waals surface area contributed by atoms with E-state index in [-0.39, 0.29) is 6.10 Å². The van der Waals surface area contributed by atoms with E-state index in [4.69, 9.17) is 10.5 Å². The van der Waals surface area contributed by atoms with Crippen molar-refractivity contribution in [2.45, 2.75) is 24.4 Å². The molecule has 2 nitrogen and oxygen atoms in total. The monoisotopic (exact) mass is 195 g/mol. The Morgan fingerprint density at radius 3 is 3.15 bits per heavy atom. The van der Waals surface area contributed by atoms with Gasteiger partial charge in [-0.25, -0.2) is 0 Å². The molecule has 2 heterocycles. The van der Waals surface area contributed by atoms with E-state index in [1.54, 1.807) is 4.88 Å². The highest BCUT2D eigenvalue weighted by molar-refractivity contribution is 7.10. The highest BCUT2D eigenvalue weighted by Crippen LogP contribution is 2.55. The van der Waals surface area contributed by atoms with Gasteiger partial charge in [-0.15, -0.1) is 11.3 Å². The van der Waals surface area contributed by atoms with Crippen molar-refractivity contribution >= 4 is 11.3 Å². The largest absolute Gasteiger partial charge is 0.371 e. The Labute approximate surface area is 81.7 Å². The van der Waals surface area contributed by atoms with Gasteiger partial charge in [0.2, 0.25) is 0 Å². The second-order valence-electron chi connectivity index (χ2n) is 4.02.